The number of rotatable bonds is 6. The van der Waals surface area contributed by atoms with Crippen LogP contribution in [0.5, 0.6) is 0 Å². The lowest BCUT2D eigenvalue weighted by Gasteiger charge is -2.27. The van der Waals surface area contributed by atoms with Crippen molar-refractivity contribution in [1.82, 2.24) is 5.32 Å². The summed E-state index contributed by atoms with van der Waals surface area (Å²) >= 11 is -0.217. The topological polar surface area (TPSA) is 55.4 Å². The fourth-order valence-electron chi connectivity index (χ4n) is 1.52. The summed E-state index contributed by atoms with van der Waals surface area (Å²) in [6, 6.07) is 0. The summed E-state index contributed by atoms with van der Waals surface area (Å²) in [5.41, 5.74) is -5.00. The van der Waals surface area contributed by atoms with E-state index in [1.165, 1.54) is 0 Å². The standard InChI is InChI=1S/C12H20F3NO3S/c1-5-19-10(18)8(11(2,3)4)9(17)16-6-7-20-12(13,14)15/h8H,5-7H2,1-4H3,(H,16,17). The number of hydrogen-bond donors (Lipinski definition) is 1. The zero-order valence-electron chi connectivity index (χ0n) is 12.0. The van der Waals surface area contributed by atoms with E-state index in [4.69, 9.17) is 4.74 Å². The monoisotopic (exact) mass is 315 g/mol. The molecule has 8 heteroatoms. The van der Waals surface area contributed by atoms with Crippen LogP contribution in [0.4, 0.5) is 13.2 Å². The Kier molecular flexibility index (Phi) is 7.40. The van der Waals surface area contributed by atoms with Gasteiger partial charge in [0.25, 0.3) is 0 Å². The normalized spacial score (nSPS) is 13.8. The molecule has 0 radical (unpaired) electrons. The van der Waals surface area contributed by atoms with Gasteiger partial charge in [-0.2, -0.15) is 13.2 Å². The molecule has 0 aromatic heterocycles. The van der Waals surface area contributed by atoms with Crippen LogP contribution < -0.4 is 5.32 Å². The van der Waals surface area contributed by atoms with Gasteiger partial charge in [-0.3, -0.25) is 9.59 Å². The van der Waals surface area contributed by atoms with Crippen LogP contribution in [0.15, 0.2) is 0 Å². The Morgan fingerprint density at radius 3 is 2.20 bits per heavy atom. The van der Waals surface area contributed by atoms with Gasteiger partial charge >= 0.3 is 11.5 Å². The molecule has 0 heterocycles. The Morgan fingerprint density at radius 1 is 1.25 bits per heavy atom. The summed E-state index contributed by atoms with van der Waals surface area (Å²) in [7, 11) is 0. The molecule has 0 saturated carbocycles. The second-order valence-corrected chi connectivity index (χ2v) is 6.30. The molecule has 0 aliphatic rings. The van der Waals surface area contributed by atoms with Crippen LogP contribution in [-0.4, -0.2) is 36.3 Å². The minimum atomic E-state index is -4.32. The molecule has 1 amide bonds. The van der Waals surface area contributed by atoms with Gasteiger partial charge in [0, 0.05) is 12.3 Å². The first-order chi connectivity index (χ1) is 8.99. The molecule has 0 aliphatic heterocycles. The second-order valence-electron chi connectivity index (χ2n) is 5.14. The number of alkyl halides is 3. The van der Waals surface area contributed by atoms with Crippen LogP contribution in [0.3, 0.4) is 0 Å². The van der Waals surface area contributed by atoms with Gasteiger partial charge < -0.3 is 10.1 Å². The third kappa shape index (κ3) is 7.62. The predicted octanol–water partition coefficient (Wildman–Crippen LogP) is 2.58. The molecule has 0 aromatic carbocycles. The zero-order valence-corrected chi connectivity index (χ0v) is 12.8. The van der Waals surface area contributed by atoms with Gasteiger partial charge in [0.05, 0.1) is 6.61 Å². The lowest BCUT2D eigenvalue weighted by Crippen LogP contribution is -2.44. The van der Waals surface area contributed by atoms with Gasteiger partial charge in [0.15, 0.2) is 0 Å². The van der Waals surface area contributed by atoms with Gasteiger partial charge in [-0.25, -0.2) is 0 Å². The van der Waals surface area contributed by atoms with Crippen molar-refractivity contribution in [2.75, 3.05) is 18.9 Å². The summed E-state index contributed by atoms with van der Waals surface area (Å²) in [5.74, 6) is -2.62. The molecule has 1 N–H and O–H groups in total. The summed E-state index contributed by atoms with van der Waals surface area (Å²) in [6.45, 7) is 6.68. The first kappa shape index (κ1) is 19.1. The van der Waals surface area contributed by atoms with Crippen molar-refractivity contribution in [3.8, 4) is 0 Å². The minimum Gasteiger partial charge on any atom is -0.465 e. The maximum atomic E-state index is 11.9. The number of nitrogens with one attached hydrogen (secondary N) is 1. The smallest absolute Gasteiger partial charge is 0.441 e. The van der Waals surface area contributed by atoms with Crippen molar-refractivity contribution >= 4 is 23.6 Å². The SMILES string of the molecule is CCOC(=O)C(C(=O)NCCSC(F)(F)F)C(C)(C)C. The molecule has 4 nitrogen and oxygen atoms in total. The molecule has 0 aliphatic carbocycles. The number of esters is 1. The molecule has 0 saturated heterocycles. The van der Waals surface area contributed by atoms with E-state index in [1.54, 1.807) is 27.7 Å². The van der Waals surface area contributed by atoms with Crippen molar-refractivity contribution in [3.05, 3.63) is 0 Å². The van der Waals surface area contributed by atoms with Gasteiger partial charge in [-0.15, -0.1) is 0 Å². The molecule has 20 heavy (non-hydrogen) atoms. The van der Waals surface area contributed by atoms with E-state index < -0.39 is 28.7 Å². The van der Waals surface area contributed by atoms with E-state index in [9.17, 15) is 22.8 Å². The van der Waals surface area contributed by atoms with Crippen molar-refractivity contribution in [2.24, 2.45) is 11.3 Å². The third-order valence-electron chi connectivity index (χ3n) is 2.32. The van der Waals surface area contributed by atoms with E-state index in [1.807, 2.05) is 0 Å². The Balaban J connectivity index is 4.47. The highest BCUT2D eigenvalue weighted by Gasteiger charge is 2.38. The average molecular weight is 315 g/mol. The van der Waals surface area contributed by atoms with Crippen LogP contribution in [-0.2, 0) is 14.3 Å². The Hall–Kier alpha value is -0.920. The number of thioether (sulfide) groups is 1. The van der Waals surface area contributed by atoms with Crippen LogP contribution in [0.2, 0.25) is 0 Å². The van der Waals surface area contributed by atoms with Crippen LogP contribution in [0, 0.1) is 11.3 Å². The van der Waals surface area contributed by atoms with Crippen molar-refractivity contribution in [1.29, 1.82) is 0 Å². The Bertz CT molecular complexity index is 340. The minimum absolute atomic E-state index is 0.141. The zero-order chi connectivity index (χ0) is 16.0. The van der Waals surface area contributed by atoms with Crippen molar-refractivity contribution < 1.29 is 27.5 Å². The summed E-state index contributed by atoms with van der Waals surface area (Å²) in [6.07, 6.45) is 0. The largest absolute Gasteiger partial charge is 0.465 e. The predicted molar refractivity (Wildman–Crippen MR) is 71.1 cm³/mol. The van der Waals surface area contributed by atoms with Crippen molar-refractivity contribution in [3.63, 3.8) is 0 Å². The fourth-order valence-corrected chi connectivity index (χ4v) is 1.96. The molecule has 0 rings (SSSR count). The lowest BCUT2D eigenvalue weighted by molar-refractivity contribution is -0.156. The van der Waals surface area contributed by atoms with Crippen LogP contribution in [0.1, 0.15) is 27.7 Å². The highest BCUT2D eigenvalue weighted by molar-refractivity contribution is 8.00. The Morgan fingerprint density at radius 2 is 1.80 bits per heavy atom. The van der Waals surface area contributed by atoms with E-state index in [0.717, 1.165) is 0 Å². The van der Waals surface area contributed by atoms with Crippen LogP contribution in [0.25, 0.3) is 0 Å². The second kappa shape index (κ2) is 7.75. The lowest BCUT2D eigenvalue weighted by atomic mass is 9.80. The molecular weight excluding hydrogens is 295 g/mol. The van der Waals surface area contributed by atoms with E-state index in [-0.39, 0.29) is 30.7 Å². The molecule has 1 unspecified atom stereocenters. The molecule has 118 valence electrons. The van der Waals surface area contributed by atoms with Crippen LogP contribution >= 0.6 is 11.8 Å². The summed E-state index contributed by atoms with van der Waals surface area (Å²) in [4.78, 5) is 23.7. The quantitative estimate of drug-likeness (QED) is 0.465. The third-order valence-corrected chi connectivity index (χ3v) is 3.05. The molecule has 0 fully saturated rings. The number of halogens is 3. The average Bonchev–Trinajstić information content (AvgIpc) is 2.21. The van der Waals surface area contributed by atoms with Gasteiger partial charge in [-0.05, 0) is 24.1 Å². The highest BCUT2D eigenvalue weighted by Crippen LogP contribution is 2.30. The summed E-state index contributed by atoms with van der Waals surface area (Å²) in [5, 5.41) is 2.34. The maximum absolute atomic E-state index is 11.9. The first-order valence-corrected chi connectivity index (χ1v) is 7.12. The van der Waals surface area contributed by atoms with Crippen molar-refractivity contribution in [2.45, 2.75) is 33.2 Å². The fraction of sp³-hybridized carbons (Fsp3) is 0.833. The summed E-state index contributed by atoms with van der Waals surface area (Å²) < 4.78 is 40.6. The molecule has 0 bridgehead atoms. The maximum Gasteiger partial charge on any atom is 0.441 e. The highest BCUT2D eigenvalue weighted by atomic mass is 32.2. The van der Waals surface area contributed by atoms with Gasteiger partial charge in [0.2, 0.25) is 5.91 Å². The Labute approximate surface area is 120 Å². The number of carbonyl (C=O) groups excluding carboxylic acids is 2. The number of amides is 1. The van der Waals surface area contributed by atoms with E-state index in [2.05, 4.69) is 5.32 Å². The van der Waals surface area contributed by atoms with E-state index in [0.29, 0.717) is 0 Å². The molecule has 0 aromatic rings. The number of carbonyl (C=O) groups is 2. The number of ether oxygens (including phenoxy) is 1. The van der Waals surface area contributed by atoms with Gasteiger partial charge in [0.1, 0.15) is 5.92 Å². The van der Waals surface area contributed by atoms with E-state index >= 15 is 0 Å². The molecular formula is C12H20F3NO3S. The number of hydrogen-bond acceptors (Lipinski definition) is 4. The van der Waals surface area contributed by atoms with Gasteiger partial charge in [-0.1, -0.05) is 20.8 Å². The molecule has 0 spiro atoms. The first-order valence-electron chi connectivity index (χ1n) is 6.14. The molecule has 1 atom stereocenters.